The fourth-order valence-electron chi connectivity index (χ4n) is 4.82. The van der Waals surface area contributed by atoms with Crippen LogP contribution >= 0.6 is 0 Å². The van der Waals surface area contributed by atoms with Crippen LogP contribution in [0.25, 0.3) is 22.2 Å². The topological polar surface area (TPSA) is 148 Å². The second-order valence-electron chi connectivity index (χ2n) is 9.47. The largest absolute Gasteiger partial charge is 0.391 e. The molecule has 1 aliphatic heterocycles. The monoisotopic (exact) mass is 464 g/mol. The molecule has 11 nitrogen and oxygen atoms in total. The summed E-state index contributed by atoms with van der Waals surface area (Å²) >= 11 is 0. The van der Waals surface area contributed by atoms with Crippen molar-refractivity contribution in [3.8, 4) is 0 Å². The third-order valence-corrected chi connectivity index (χ3v) is 6.58. The zero-order valence-corrected chi connectivity index (χ0v) is 19.3. The Morgan fingerprint density at radius 3 is 2.74 bits per heavy atom. The number of hydrogen-bond acceptors (Lipinski definition) is 8. The van der Waals surface area contributed by atoms with Gasteiger partial charge in [-0.05, 0) is 39.0 Å². The highest BCUT2D eigenvalue weighted by Gasteiger charge is 2.42. The Bertz CT molecular complexity index is 1380. The van der Waals surface area contributed by atoms with Crippen molar-refractivity contribution >= 4 is 33.9 Å². The Balaban J connectivity index is 1.52. The van der Waals surface area contributed by atoms with Crippen LogP contribution in [-0.4, -0.2) is 74.9 Å². The molecule has 11 heteroatoms. The van der Waals surface area contributed by atoms with Crippen LogP contribution in [0.2, 0.25) is 0 Å². The van der Waals surface area contributed by atoms with Crippen molar-refractivity contribution in [2.24, 2.45) is 0 Å². The second-order valence-corrected chi connectivity index (χ2v) is 9.47. The van der Waals surface area contributed by atoms with Crippen LogP contribution in [0.1, 0.15) is 49.6 Å². The van der Waals surface area contributed by atoms with E-state index in [0.29, 0.717) is 16.7 Å². The van der Waals surface area contributed by atoms with Gasteiger partial charge in [-0.3, -0.25) is 4.79 Å². The van der Waals surface area contributed by atoms with Crippen LogP contribution in [-0.2, 0) is 0 Å². The van der Waals surface area contributed by atoms with Crippen LogP contribution < -0.4 is 5.73 Å². The summed E-state index contributed by atoms with van der Waals surface area (Å²) in [5, 5.41) is 22.0. The average Bonchev–Trinajstić information content (AvgIpc) is 3.37. The predicted molar refractivity (Wildman–Crippen MR) is 126 cm³/mol. The summed E-state index contributed by atoms with van der Waals surface area (Å²) < 4.78 is 3.75. The van der Waals surface area contributed by atoms with Gasteiger partial charge in [0, 0.05) is 31.1 Å². The smallest absolute Gasteiger partial charge is 0.254 e. The van der Waals surface area contributed by atoms with Crippen molar-refractivity contribution in [1.82, 2.24) is 34.0 Å². The van der Waals surface area contributed by atoms with Crippen molar-refractivity contribution in [3.63, 3.8) is 0 Å². The molecular weight excluding hydrogens is 436 g/mol. The standard InChI is InChI=1S/C23H28N8O3/c1-13(2)30-11-27-16-6-14(4-5-17(16)30)22(33)29-8-15(32)7-23(3,34)18(9-29)31-12-28-19-20(24)25-10-26-21(19)31/h4-6,10-13,15,18,32,34H,7-9H2,1-3H3,(H2,24,25,26)/t15-,18+,23+/m1/s1. The van der Waals surface area contributed by atoms with E-state index >= 15 is 0 Å². The summed E-state index contributed by atoms with van der Waals surface area (Å²) in [6.07, 6.45) is 3.83. The predicted octanol–water partition coefficient (Wildman–Crippen LogP) is 1.54. The van der Waals surface area contributed by atoms with Crippen LogP contribution in [0.4, 0.5) is 5.82 Å². The van der Waals surface area contributed by atoms with Gasteiger partial charge in [0.15, 0.2) is 11.5 Å². The molecule has 3 aromatic heterocycles. The third-order valence-electron chi connectivity index (χ3n) is 6.58. The van der Waals surface area contributed by atoms with Crippen LogP contribution in [0.5, 0.6) is 0 Å². The minimum atomic E-state index is -1.33. The number of β-amino-alcohol motifs (C(OH)–C–C–N with tert-alkyl or cyclic N) is 1. The normalized spacial score (nSPS) is 23.6. The van der Waals surface area contributed by atoms with E-state index in [0.717, 1.165) is 11.0 Å². The van der Waals surface area contributed by atoms with Gasteiger partial charge in [0.25, 0.3) is 5.91 Å². The van der Waals surface area contributed by atoms with Crippen molar-refractivity contribution < 1.29 is 15.0 Å². The number of fused-ring (bicyclic) bond motifs is 2. The molecular formula is C23H28N8O3. The molecule has 5 rings (SSSR count). The molecule has 0 saturated carbocycles. The molecule has 4 N–H and O–H groups in total. The lowest BCUT2D eigenvalue weighted by Gasteiger charge is -2.34. The number of carbonyl (C=O) groups is 1. The van der Waals surface area contributed by atoms with Gasteiger partial charge in [-0.1, -0.05) is 0 Å². The highest BCUT2D eigenvalue weighted by molar-refractivity contribution is 5.97. The minimum absolute atomic E-state index is 0.0829. The first-order valence-electron chi connectivity index (χ1n) is 11.2. The maximum atomic E-state index is 13.6. The van der Waals surface area contributed by atoms with Gasteiger partial charge in [0.1, 0.15) is 11.8 Å². The van der Waals surface area contributed by atoms with Crippen molar-refractivity contribution in [2.75, 3.05) is 18.8 Å². The maximum Gasteiger partial charge on any atom is 0.254 e. The first-order valence-corrected chi connectivity index (χ1v) is 11.2. The lowest BCUT2D eigenvalue weighted by atomic mass is 9.91. The first kappa shape index (κ1) is 22.2. The molecule has 0 radical (unpaired) electrons. The highest BCUT2D eigenvalue weighted by atomic mass is 16.3. The Hall–Kier alpha value is -3.57. The van der Waals surface area contributed by atoms with Crippen molar-refractivity contribution in [1.29, 1.82) is 0 Å². The number of aromatic nitrogens is 6. The number of likely N-dealkylation sites (tertiary alicyclic amines) is 1. The number of benzene rings is 1. The zero-order chi connectivity index (χ0) is 24.2. The number of nitrogen functional groups attached to an aromatic ring is 1. The summed E-state index contributed by atoms with van der Waals surface area (Å²) in [6.45, 7) is 6.03. The second kappa shape index (κ2) is 8.03. The Labute approximate surface area is 195 Å². The molecule has 1 amide bonds. The number of hydrogen-bond donors (Lipinski definition) is 3. The summed E-state index contributed by atoms with van der Waals surface area (Å²) in [5.74, 6) is -0.0135. The Kier molecular flexibility index (Phi) is 5.25. The lowest BCUT2D eigenvalue weighted by Crippen LogP contribution is -2.42. The first-order chi connectivity index (χ1) is 16.2. The SMILES string of the molecule is CC(C)n1cnc2cc(C(=O)N3C[C@H](O)C[C@](C)(O)[C@@H](n4cnc5c(N)ncnc54)C3)ccc21. The molecule has 0 spiro atoms. The van der Waals surface area contributed by atoms with E-state index in [1.807, 2.05) is 10.6 Å². The maximum absolute atomic E-state index is 13.6. The molecule has 0 aliphatic carbocycles. The minimum Gasteiger partial charge on any atom is -0.391 e. The number of imidazole rings is 2. The molecule has 4 heterocycles. The third kappa shape index (κ3) is 3.66. The number of aliphatic hydroxyl groups excluding tert-OH is 1. The van der Waals surface area contributed by atoms with Gasteiger partial charge in [-0.15, -0.1) is 0 Å². The molecule has 1 saturated heterocycles. The molecule has 0 unspecified atom stereocenters. The van der Waals surface area contributed by atoms with Crippen molar-refractivity contribution in [3.05, 3.63) is 42.7 Å². The fourth-order valence-corrected chi connectivity index (χ4v) is 4.82. The molecule has 178 valence electrons. The number of carbonyl (C=O) groups excluding carboxylic acids is 1. The van der Waals surface area contributed by atoms with E-state index in [-0.39, 0.29) is 37.3 Å². The van der Waals surface area contributed by atoms with Gasteiger partial charge in [0.2, 0.25) is 0 Å². The lowest BCUT2D eigenvalue weighted by molar-refractivity contribution is -0.0217. The zero-order valence-electron chi connectivity index (χ0n) is 19.3. The highest BCUT2D eigenvalue weighted by Crippen LogP contribution is 2.34. The van der Waals surface area contributed by atoms with Gasteiger partial charge < -0.3 is 30.0 Å². The summed E-state index contributed by atoms with van der Waals surface area (Å²) in [7, 11) is 0. The van der Waals surface area contributed by atoms with E-state index in [1.54, 1.807) is 41.2 Å². The summed E-state index contributed by atoms with van der Waals surface area (Å²) in [5.41, 5.74) is 7.63. The molecule has 1 fully saturated rings. The van der Waals surface area contributed by atoms with E-state index in [9.17, 15) is 15.0 Å². The summed E-state index contributed by atoms with van der Waals surface area (Å²) in [4.78, 5) is 32.1. The van der Waals surface area contributed by atoms with Crippen LogP contribution in [0, 0.1) is 0 Å². The molecule has 4 aromatic rings. The van der Waals surface area contributed by atoms with Gasteiger partial charge in [-0.25, -0.2) is 19.9 Å². The Morgan fingerprint density at radius 2 is 1.97 bits per heavy atom. The van der Waals surface area contributed by atoms with Gasteiger partial charge >= 0.3 is 0 Å². The number of nitrogens with zero attached hydrogens (tertiary/aromatic N) is 7. The number of nitrogens with two attached hydrogens (primary N) is 1. The number of anilines is 1. The molecule has 0 bridgehead atoms. The van der Waals surface area contributed by atoms with Crippen LogP contribution in [0.15, 0.2) is 37.2 Å². The molecule has 1 aromatic carbocycles. The van der Waals surface area contributed by atoms with E-state index < -0.39 is 17.7 Å². The average molecular weight is 465 g/mol. The molecule has 1 aliphatic rings. The number of rotatable bonds is 3. The van der Waals surface area contributed by atoms with E-state index in [2.05, 4.69) is 33.8 Å². The van der Waals surface area contributed by atoms with Gasteiger partial charge in [0.05, 0.1) is 41.4 Å². The van der Waals surface area contributed by atoms with Crippen molar-refractivity contribution in [2.45, 2.75) is 51.0 Å². The molecule has 34 heavy (non-hydrogen) atoms. The van der Waals surface area contributed by atoms with Crippen LogP contribution in [0.3, 0.4) is 0 Å². The number of aliphatic hydroxyl groups is 2. The quantitative estimate of drug-likeness (QED) is 0.413. The fraction of sp³-hybridized carbons (Fsp3) is 0.435. The summed E-state index contributed by atoms with van der Waals surface area (Å²) in [6, 6.07) is 5.06. The van der Waals surface area contributed by atoms with E-state index in [4.69, 9.17) is 5.73 Å². The number of amides is 1. The van der Waals surface area contributed by atoms with Gasteiger partial charge in [-0.2, -0.15) is 0 Å². The Morgan fingerprint density at radius 1 is 1.18 bits per heavy atom. The molecule has 3 atom stereocenters. The van der Waals surface area contributed by atoms with E-state index in [1.165, 1.54) is 6.33 Å².